The molecule has 2 N–H and O–H groups in total. The van der Waals surface area contributed by atoms with Crippen molar-refractivity contribution >= 4 is 10.9 Å². The molecule has 1 heterocycles. The Hall–Kier alpha value is -1.39. The van der Waals surface area contributed by atoms with E-state index in [1.54, 1.807) is 0 Å². The maximum atomic E-state index is 9.08. The van der Waals surface area contributed by atoms with Gasteiger partial charge in [-0.15, -0.1) is 0 Å². The first-order valence-corrected chi connectivity index (χ1v) is 5.54. The molecule has 1 aromatic heterocycles. The van der Waals surface area contributed by atoms with Crippen molar-refractivity contribution in [3.63, 3.8) is 0 Å². The fraction of sp³-hybridized carbons (Fsp3) is 0.417. The molecule has 4 nitrogen and oxygen atoms in total. The van der Waals surface area contributed by atoms with E-state index < -0.39 is 0 Å². The van der Waals surface area contributed by atoms with Crippen LogP contribution in [0.3, 0.4) is 0 Å². The highest BCUT2D eigenvalue weighted by molar-refractivity contribution is 5.78. The van der Waals surface area contributed by atoms with E-state index in [0.717, 1.165) is 23.9 Å². The lowest BCUT2D eigenvalue weighted by molar-refractivity contribution is 0.237. The van der Waals surface area contributed by atoms with Crippen LogP contribution < -0.4 is 5.32 Å². The largest absolute Gasteiger partial charge is 0.395 e. The summed E-state index contributed by atoms with van der Waals surface area (Å²) < 4.78 is 1.98. The predicted molar refractivity (Wildman–Crippen MR) is 64.3 cm³/mol. The molecule has 0 fully saturated rings. The molecule has 2 aromatic rings. The van der Waals surface area contributed by atoms with E-state index in [1.807, 2.05) is 30.1 Å². The van der Waals surface area contributed by atoms with Gasteiger partial charge in [-0.25, -0.2) is 0 Å². The number of fused-ring (bicyclic) bond motifs is 1. The number of hydrogen-bond donors (Lipinski definition) is 2. The molecule has 0 radical (unpaired) electrons. The number of nitrogens with one attached hydrogen (secondary N) is 1. The molecular weight excluding hydrogens is 202 g/mol. The van der Waals surface area contributed by atoms with Gasteiger partial charge in [-0.2, -0.15) is 5.10 Å². The maximum Gasteiger partial charge on any atom is 0.0682 e. The van der Waals surface area contributed by atoms with Crippen molar-refractivity contribution in [3.8, 4) is 0 Å². The summed E-state index contributed by atoms with van der Waals surface area (Å²) in [5.74, 6) is 0. The zero-order valence-electron chi connectivity index (χ0n) is 9.43. The average Bonchev–Trinajstić information content (AvgIpc) is 2.74. The minimum Gasteiger partial charge on any atom is -0.395 e. The lowest BCUT2D eigenvalue weighted by atomic mass is 10.2. The molecule has 0 saturated carbocycles. The van der Waals surface area contributed by atoms with Gasteiger partial charge in [0.1, 0.15) is 0 Å². The van der Waals surface area contributed by atoms with Gasteiger partial charge in [-0.3, -0.25) is 4.68 Å². The average molecular weight is 219 g/mol. The van der Waals surface area contributed by atoms with Crippen LogP contribution >= 0.6 is 0 Å². The molecule has 1 unspecified atom stereocenters. The van der Waals surface area contributed by atoms with E-state index in [9.17, 15) is 0 Å². The molecule has 86 valence electrons. The van der Waals surface area contributed by atoms with Crippen LogP contribution in [0.2, 0.25) is 0 Å². The zero-order chi connectivity index (χ0) is 11.4. The second-order valence-corrected chi connectivity index (χ2v) is 3.88. The summed E-state index contributed by atoms with van der Waals surface area (Å²) in [7, 11) is 1.86. The number of likely N-dealkylation sites (N-methyl/N-ethyl adjacent to an activating group) is 1. The van der Waals surface area contributed by atoms with Gasteiger partial charge < -0.3 is 10.4 Å². The number of aliphatic hydroxyl groups excluding tert-OH is 1. The number of benzene rings is 1. The van der Waals surface area contributed by atoms with Crippen molar-refractivity contribution < 1.29 is 5.11 Å². The standard InChI is InChI=1S/C12H17N3O/c1-13-11(9-16)6-7-15-12-5-3-2-4-10(12)8-14-15/h2-5,8,11,13,16H,6-7,9H2,1H3. The van der Waals surface area contributed by atoms with Crippen LogP contribution in [0.25, 0.3) is 10.9 Å². The fourth-order valence-corrected chi connectivity index (χ4v) is 1.81. The van der Waals surface area contributed by atoms with Crippen molar-refractivity contribution in [2.45, 2.75) is 19.0 Å². The van der Waals surface area contributed by atoms with Gasteiger partial charge >= 0.3 is 0 Å². The number of rotatable bonds is 5. The maximum absolute atomic E-state index is 9.08. The Morgan fingerprint density at radius 2 is 2.25 bits per heavy atom. The van der Waals surface area contributed by atoms with Crippen LogP contribution in [-0.4, -0.2) is 34.6 Å². The number of nitrogens with zero attached hydrogens (tertiary/aromatic N) is 2. The molecule has 2 rings (SSSR count). The Bertz CT molecular complexity index is 448. The molecule has 4 heteroatoms. The quantitative estimate of drug-likeness (QED) is 0.789. The van der Waals surface area contributed by atoms with Crippen LogP contribution in [0.4, 0.5) is 0 Å². The Morgan fingerprint density at radius 1 is 1.44 bits per heavy atom. The summed E-state index contributed by atoms with van der Waals surface area (Å²) >= 11 is 0. The highest BCUT2D eigenvalue weighted by atomic mass is 16.3. The van der Waals surface area contributed by atoms with Crippen molar-refractivity contribution in [3.05, 3.63) is 30.5 Å². The van der Waals surface area contributed by atoms with Crippen molar-refractivity contribution in [2.75, 3.05) is 13.7 Å². The first kappa shape index (κ1) is 11.1. The van der Waals surface area contributed by atoms with Gasteiger partial charge in [0.2, 0.25) is 0 Å². The number of aryl methyl sites for hydroxylation is 1. The second kappa shape index (κ2) is 5.09. The van der Waals surface area contributed by atoms with Gasteiger partial charge in [-0.05, 0) is 19.5 Å². The summed E-state index contributed by atoms with van der Waals surface area (Å²) in [5, 5.41) is 17.6. The SMILES string of the molecule is CNC(CO)CCn1ncc2ccccc21. The molecule has 0 bridgehead atoms. The van der Waals surface area contributed by atoms with E-state index in [-0.39, 0.29) is 12.6 Å². The predicted octanol–water partition coefficient (Wildman–Crippen LogP) is 1.01. The third kappa shape index (κ3) is 2.23. The van der Waals surface area contributed by atoms with Gasteiger partial charge in [0.15, 0.2) is 0 Å². The molecular formula is C12H17N3O. The molecule has 0 amide bonds. The summed E-state index contributed by atoms with van der Waals surface area (Å²) in [4.78, 5) is 0. The molecule has 0 aliphatic rings. The number of aliphatic hydroxyl groups is 1. The van der Waals surface area contributed by atoms with Gasteiger partial charge in [0.25, 0.3) is 0 Å². The molecule has 0 aliphatic carbocycles. The Balaban J connectivity index is 2.09. The smallest absolute Gasteiger partial charge is 0.0682 e. The van der Waals surface area contributed by atoms with E-state index in [4.69, 9.17) is 5.11 Å². The zero-order valence-corrected chi connectivity index (χ0v) is 9.43. The van der Waals surface area contributed by atoms with E-state index in [1.165, 1.54) is 0 Å². The van der Waals surface area contributed by atoms with E-state index >= 15 is 0 Å². The summed E-state index contributed by atoms with van der Waals surface area (Å²) in [6.07, 6.45) is 2.75. The number of hydrogen-bond acceptors (Lipinski definition) is 3. The van der Waals surface area contributed by atoms with Gasteiger partial charge in [0.05, 0.1) is 18.3 Å². The summed E-state index contributed by atoms with van der Waals surface area (Å²) in [6.45, 7) is 0.981. The van der Waals surface area contributed by atoms with Gasteiger partial charge in [0, 0.05) is 18.0 Å². The molecule has 1 aromatic carbocycles. The van der Waals surface area contributed by atoms with Crippen molar-refractivity contribution in [2.24, 2.45) is 0 Å². The van der Waals surface area contributed by atoms with Crippen LogP contribution in [0.5, 0.6) is 0 Å². The van der Waals surface area contributed by atoms with E-state index in [0.29, 0.717) is 0 Å². The van der Waals surface area contributed by atoms with Crippen LogP contribution in [-0.2, 0) is 6.54 Å². The third-order valence-corrected chi connectivity index (χ3v) is 2.87. The van der Waals surface area contributed by atoms with Crippen LogP contribution in [0, 0.1) is 0 Å². The van der Waals surface area contributed by atoms with E-state index in [2.05, 4.69) is 22.5 Å². The Labute approximate surface area is 94.9 Å². The minimum atomic E-state index is 0.142. The third-order valence-electron chi connectivity index (χ3n) is 2.87. The highest BCUT2D eigenvalue weighted by Crippen LogP contribution is 2.13. The monoisotopic (exact) mass is 219 g/mol. The lowest BCUT2D eigenvalue weighted by Crippen LogP contribution is -2.30. The summed E-state index contributed by atoms with van der Waals surface area (Å²) in [5.41, 5.74) is 1.15. The first-order chi connectivity index (χ1) is 7.85. The minimum absolute atomic E-state index is 0.142. The summed E-state index contributed by atoms with van der Waals surface area (Å²) in [6, 6.07) is 8.29. The Morgan fingerprint density at radius 3 is 3.00 bits per heavy atom. The molecule has 16 heavy (non-hydrogen) atoms. The number of para-hydroxylation sites is 1. The fourth-order valence-electron chi connectivity index (χ4n) is 1.81. The molecule has 0 aliphatic heterocycles. The molecule has 0 saturated heterocycles. The molecule has 0 spiro atoms. The first-order valence-electron chi connectivity index (χ1n) is 5.54. The van der Waals surface area contributed by atoms with Gasteiger partial charge in [-0.1, -0.05) is 18.2 Å². The Kier molecular flexibility index (Phi) is 3.54. The molecule has 1 atom stereocenters. The topological polar surface area (TPSA) is 50.1 Å². The normalized spacial score (nSPS) is 13.1. The van der Waals surface area contributed by atoms with Crippen molar-refractivity contribution in [1.29, 1.82) is 0 Å². The van der Waals surface area contributed by atoms with Crippen LogP contribution in [0.15, 0.2) is 30.5 Å². The van der Waals surface area contributed by atoms with Crippen LogP contribution in [0.1, 0.15) is 6.42 Å². The van der Waals surface area contributed by atoms with Crippen molar-refractivity contribution in [1.82, 2.24) is 15.1 Å². The lowest BCUT2D eigenvalue weighted by Gasteiger charge is -2.12. The number of aromatic nitrogens is 2. The second-order valence-electron chi connectivity index (χ2n) is 3.88. The highest BCUT2D eigenvalue weighted by Gasteiger charge is 2.06.